The Morgan fingerprint density at radius 3 is 2.88 bits per heavy atom. The third-order valence-corrected chi connectivity index (χ3v) is 4.14. The standard InChI is InChI=1S/C16H17F3N4O3/c17-12-7-10(1-3-13(12)22-6-5-20-21-9-22)23-8-11(26-16(23)25)2-4-14(24)15(18)19/h1,3,7,9,11,15,20H,2,4-6,8H2/t11-/m0/s1. The number of Topliss-reactive ketones (excluding diaryl/α,β-unsaturated/α-hetero) is 1. The van der Waals surface area contributed by atoms with Gasteiger partial charge in [-0.1, -0.05) is 0 Å². The maximum absolute atomic E-state index is 14.4. The molecule has 0 radical (unpaired) electrons. The lowest BCUT2D eigenvalue weighted by Gasteiger charge is -2.24. The van der Waals surface area contributed by atoms with E-state index in [1.165, 1.54) is 23.4 Å². The highest BCUT2D eigenvalue weighted by Gasteiger charge is 2.33. The second-order valence-corrected chi connectivity index (χ2v) is 5.90. The molecule has 2 aliphatic heterocycles. The van der Waals surface area contributed by atoms with E-state index in [1.54, 1.807) is 11.0 Å². The van der Waals surface area contributed by atoms with E-state index >= 15 is 0 Å². The summed E-state index contributed by atoms with van der Waals surface area (Å²) in [5, 5.41) is 3.86. The van der Waals surface area contributed by atoms with Gasteiger partial charge < -0.3 is 15.1 Å². The van der Waals surface area contributed by atoms with Crippen LogP contribution in [0, 0.1) is 5.82 Å². The van der Waals surface area contributed by atoms with Crippen molar-refractivity contribution in [3.8, 4) is 0 Å². The van der Waals surface area contributed by atoms with Gasteiger partial charge in [-0.2, -0.15) is 5.10 Å². The molecule has 10 heteroatoms. The van der Waals surface area contributed by atoms with Crippen LogP contribution in [0.5, 0.6) is 0 Å². The second-order valence-electron chi connectivity index (χ2n) is 5.90. The normalized spacial score (nSPS) is 19.7. The molecule has 1 amide bonds. The molecule has 0 unspecified atom stereocenters. The number of amides is 1. The number of nitrogens with zero attached hydrogens (tertiary/aromatic N) is 3. The van der Waals surface area contributed by atoms with Gasteiger partial charge in [0.25, 0.3) is 6.43 Å². The smallest absolute Gasteiger partial charge is 0.414 e. The Morgan fingerprint density at radius 1 is 1.42 bits per heavy atom. The third-order valence-electron chi connectivity index (χ3n) is 4.14. The van der Waals surface area contributed by atoms with Gasteiger partial charge >= 0.3 is 6.09 Å². The highest BCUT2D eigenvalue weighted by atomic mass is 19.3. The lowest BCUT2D eigenvalue weighted by molar-refractivity contribution is -0.129. The Balaban J connectivity index is 1.66. The summed E-state index contributed by atoms with van der Waals surface area (Å²) >= 11 is 0. The highest BCUT2D eigenvalue weighted by Crippen LogP contribution is 2.28. The first-order valence-corrected chi connectivity index (χ1v) is 8.07. The molecular formula is C16H17F3N4O3. The number of rotatable bonds is 6. The number of carbonyl (C=O) groups is 2. The minimum atomic E-state index is -3.03. The summed E-state index contributed by atoms with van der Waals surface area (Å²) in [6.45, 7) is 1.20. The fourth-order valence-electron chi connectivity index (χ4n) is 2.78. The minimum Gasteiger partial charge on any atom is -0.444 e. The number of hydrogen-bond donors (Lipinski definition) is 1. The zero-order valence-corrected chi connectivity index (χ0v) is 13.7. The summed E-state index contributed by atoms with van der Waals surface area (Å²) in [4.78, 5) is 25.8. The van der Waals surface area contributed by atoms with Crippen LogP contribution in [0.15, 0.2) is 23.3 Å². The molecule has 0 spiro atoms. The van der Waals surface area contributed by atoms with Crippen LogP contribution < -0.4 is 15.2 Å². The molecule has 1 atom stereocenters. The molecule has 1 saturated heterocycles. The average molecular weight is 370 g/mol. The molecule has 0 saturated carbocycles. The molecule has 26 heavy (non-hydrogen) atoms. The molecule has 1 fully saturated rings. The van der Waals surface area contributed by atoms with Gasteiger partial charge in [-0.3, -0.25) is 9.69 Å². The molecule has 140 valence electrons. The Morgan fingerprint density at radius 2 is 2.23 bits per heavy atom. The van der Waals surface area contributed by atoms with E-state index in [4.69, 9.17) is 4.74 Å². The Hall–Kier alpha value is -2.78. The number of halogens is 3. The average Bonchev–Trinajstić information content (AvgIpc) is 3.01. The van der Waals surface area contributed by atoms with E-state index in [1.807, 2.05) is 0 Å². The van der Waals surface area contributed by atoms with Gasteiger partial charge in [-0.15, -0.1) is 0 Å². The van der Waals surface area contributed by atoms with Crippen molar-refractivity contribution in [3.05, 3.63) is 24.0 Å². The number of hydrazone groups is 1. The summed E-state index contributed by atoms with van der Waals surface area (Å²) in [5.74, 6) is -1.72. The molecule has 3 rings (SSSR count). The second kappa shape index (κ2) is 7.63. The van der Waals surface area contributed by atoms with E-state index in [9.17, 15) is 22.8 Å². The Bertz CT molecular complexity index is 729. The van der Waals surface area contributed by atoms with Crippen LogP contribution in [-0.2, 0) is 9.53 Å². The van der Waals surface area contributed by atoms with Crippen molar-refractivity contribution in [2.45, 2.75) is 25.4 Å². The summed E-state index contributed by atoms with van der Waals surface area (Å²) in [7, 11) is 0. The number of benzene rings is 1. The molecule has 0 aliphatic carbocycles. The maximum Gasteiger partial charge on any atom is 0.414 e. The molecule has 7 nitrogen and oxygen atoms in total. The van der Waals surface area contributed by atoms with Gasteiger partial charge in [0.15, 0.2) is 5.78 Å². The van der Waals surface area contributed by atoms with E-state index in [-0.39, 0.29) is 19.4 Å². The Kier molecular flexibility index (Phi) is 5.29. The first-order valence-electron chi connectivity index (χ1n) is 8.07. The largest absolute Gasteiger partial charge is 0.444 e. The first kappa shape index (κ1) is 18.0. The van der Waals surface area contributed by atoms with Crippen molar-refractivity contribution in [2.24, 2.45) is 5.10 Å². The number of ether oxygens (including phenoxy) is 1. The van der Waals surface area contributed by atoms with Gasteiger partial charge in [0.05, 0.1) is 24.5 Å². The van der Waals surface area contributed by atoms with Crippen LogP contribution in [0.2, 0.25) is 0 Å². The maximum atomic E-state index is 14.4. The lowest BCUT2D eigenvalue weighted by Crippen LogP contribution is -2.35. The van der Waals surface area contributed by atoms with Crippen LogP contribution in [0.3, 0.4) is 0 Å². The van der Waals surface area contributed by atoms with Gasteiger partial charge in [-0.25, -0.2) is 18.0 Å². The molecule has 2 aliphatic rings. The predicted molar refractivity (Wildman–Crippen MR) is 88.1 cm³/mol. The van der Waals surface area contributed by atoms with E-state index in [0.717, 1.165) is 0 Å². The quantitative estimate of drug-likeness (QED) is 0.830. The molecular weight excluding hydrogens is 353 g/mol. The molecule has 1 aromatic carbocycles. The van der Waals surface area contributed by atoms with Crippen LogP contribution in [-0.4, -0.2) is 50.4 Å². The van der Waals surface area contributed by atoms with E-state index in [2.05, 4.69) is 10.5 Å². The SMILES string of the molecule is O=C(CC[C@H]1CN(c2ccc(N3C=NNCC3)c(F)c2)C(=O)O1)C(F)F. The van der Waals surface area contributed by atoms with Crippen LogP contribution in [0.4, 0.5) is 29.3 Å². The fraction of sp³-hybridized carbons (Fsp3) is 0.438. The zero-order chi connectivity index (χ0) is 18.7. The number of cyclic esters (lactones) is 1. The highest BCUT2D eigenvalue weighted by molar-refractivity contribution is 5.90. The zero-order valence-electron chi connectivity index (χ0n) is 13.7. The van der Waals surface area contributed by atoms with Crippen LogP contribution >= 0.6 is 0 Å². The van der Waals surface area contributed by atoms with Gasteiger partial charge in [0.1, 0.15) is 18.3 Å². The summed E-state index contributed by atoms with van der Waals surface area (Å²) in [5.41, 5.74) is 3.38. The van der Waals surface area contributed by atoms with Crippen molar-refractivity contribution in [1.82, 2.24) is 5.43 Å². The lowest BCUT2D eigenvalue weighted by atomic mass is 10.1. The molecule has 0 bridgehead atoms. The number of alkyl halides is 2. The van der Waals surface area contributed by atoms with Crippen molar-refractivity contribution in [3.63, 3.8) is 0 Å². The predicted octanol–water partition coefficient (Wildman–Crippen LogP) is 2.12. The van der Waals surface area contributed by atoms with Gasteiger partial charge in [-0.05, 0) is 24.6 Å². The van der Waals surface area contributed by atoms with Gasteiger partial charge in [0.2, 0.25) is 0 Å². The van der Waals surface area contributed by atoms with Crippen LogP contribution in [0.25, 0.3) is 0 Å². The van der Waals surface area contributed by atoms with Crippen LogP contribution in [0.1, 0.15) is 12.8 Å². The summed E-state index contributed by atoms with van der Waals surface area (Å²) in [6, 6.07) is 4.31. The van der Waals surface area contributed by atoms with Crippen molar-refractivity contribution in [2.75, 3.05) is 29.4 Å². The summed E-state index contributed by atoms with van der Waals surface area (Å²) < 4.78 is 44.0. The number of ketones is 1. The minimum absolute atomic E-state index is 0.00320. The molecule has 0 aromatic heterocycles. The van der Waals surface area contributed by atoms with E-state index < -0.39 is 30.2 Å². The van der Waals surface area contributed by atoms with Crippen molar-refractivity contribution in [1.29, 1.82) is 0 Å². The molecule has 1 N–H and O–H groups in total. The topological polar surface area (TPSA) is 74.2 Å². The number of anilines is 2. The number of hydrogen-bond acceptors (Lipinski definition) is 6. The first-order chi connectivity index (χ1) is 12.5. The molecule has 1 aromatic rings. The van der Waals surface area contributed by atoms with Gasteiger partial charge in [0, 0.05) is 13.0 Å². The molecule has 2 heterocycles. The van der Waals surface area contributed by atoms with Crippen molar-refractivity contribution < 1.29 is 27.5 Å². The van der Waals surface area contributed by atoms with Crippen molar-refractivity contribution >= 4 is 29.6 Å². The number of carbonyl (C=O) groups excluding carboxylic acids is 2. The number of nitrogens with one attached hydrogen (secondary N) is 1. The summed E-state index contributed by atoms with van der Waals surface area (Å²) in [6.07, 6.45) is -3.31. The third kappa shape index (κ3) is 3.89. The fourth-order valence-corrected chi connectivity index (χ4v) is 2.78. The van der Waals surface area contributed by atoms with E-state index in [0.29, 0.717) is 24.5 Å². The Labute approximate surface area is 147 Å². The monoisotopic (exact) mass is 370 g/mol.